The van der Waals surface area contributed by atoms with E-state index in [-0.39, 0.29) is 23.7 Å². The van der Waals surface area contributed by atoms with Crippen LogP contribution in [0.5, 0.6) is 11.6 Å². The van der Waals surface area contributed by atoms with Gasteiger partial charge in [-0.3, -0.25) is 9.69 Å². The third-order valence-electron chi connectivity index (χ3n) is 4.93. The van der Waals surface area contributed by atoms with E-state index in [0.717, 1.165) is 13.1 Å². The van der Waals surface area contributed by atoms with Gasteiger partial charge in [0.2, 0.25) is 5.88 Å². The van der Waals surface area contributed by atoms with Crippen LogP contribution in [0.2, 0.25) is 0 Å². The minimum Gasteiger partial charge on any atom is -0.438 e. The standard InChI is InChI=1S/C22H29N3O3/c1-16-13-25(14-17(2)27-16)22(3,4)15-24-20(26)19-11-8-12-23-21(19)28-18-9-6-5-7-10-18/h5-12,16-17H,13-15H2,1-4H3,(H,24,26). The first-order valence-electron chi connectivity index (χ1n) is 9.72. The van der Waals surface area contributed by atoms with Crippen molar-refractivity contribution in [3.8, 4) is 11.6 Å². The molecule has 1 amide bonds. The molecule has 1 N–H and O–H groups in total. The number of morpholine rings is 1. The van der Waals surface area contributed by atoms with Crippen LogP contribution >= 0.6 is 0 Å². The Bertz CT molecular complexity index is 785. The lowest BCUT2D eigenvalue weighted by atomic mass is 10.00. The fourth-order valence-corrected chi connectivity index (χ4v) is 3.42. The van der Waals surface area contributed by atoms with Gasteiger partial charge in [-0.05, 0) is 52.0 Å². The second-order valence-corrected chi connectivity index (χ2v) is 7.93. The number of carbonyl (C=O) groups excluding carboxylic acids is 1. The summed E-state index contributed by atoms with van der Waals surface area (Å²) in [6.07, 6.45) is 1.99. The monoisotopic (exact) mass is 383 g/mol. The fraction of sp³-hybridized carbons (Fsp3) is 0.455. The van der Waals surface area contributed by atoms with E-state index in [2.05, 4.69) is 42.9 Å². The zero-order valence-electron chi connectivity index (χ0n) is 17.0. The van der Waals surface area contributed by atoms with Gasteiger partial charge in [0.25, 0.3) is 5.91 Å². The summed E-state index contributed by atoms with van der Waals surface area (Å²) in [6, 6.07) is 12.8. The maximum absolute atomic E-state index is 12.8. The fourth-order valence-electron chi connectivity index (χ4n) is 3.42. The van der Waals surface area contributed by atoms with Gasteiger partial charge in [0.05, 0.1) is 12.2 Å². The normalized spacial score (nSPS) is 20.6. The highest BCUT2D eigenvalue weighted by atomic mass is 16.5. The maximum atomic E-state index is 12.8. The molecule has 6 heteroatoms. The number of carbonyl (C=O) groups is 1. The first-order valence-corrected chi connectivity index (χ1v) is 9.72. The van der Waals surface area contributed by atoms with E-state index in [9.17, 15) is 4.79 Å². The van der Waals surface area contributed by atoms with Gasteiger partial charge in [-0.1, -0.05) is 18.2 Å². The second kappa shape index (κ2) is 8.71. The third kappa shape index (κ3) is 5.09. The van der Waals surface area contributed by atoms with Gasteiger partial charge in [-0.15, -0.1) is 0 Å². The van der Waals surface area contributed by atoms with E-state index < -0.39 is 0 Å². The average molecular weight is 383 g/mol. The van der Waals surface area contributed by atoms with Crippen LogP contribution in [0.25, 0.3) is 0 Å². The molecular formula is C22H29N3O3. The largest absolute Gasteiger partial charge is 0.438 e. The van der Waals surface area contributed by atoms with Crippen LogP contribution in [-0.4, -0.2) is 53.2 Å². The minimum absolute atomic E-state index is 0.183. The van der Waals surface area contributed by atoms with Crippen LogP contribution in [0.3, 0.4) is 0 Å². The molecule has 150 valence electrons. The van der Waals surface area contributed by atoms with Crippen molar-refractivity contribution in [3.05, 3.63) is 54.2 Å². The molecular weight excluding hydrogens is 354 g/mol. The lowest BCUT2D eigenvalue weighted by Gasteiger charge is -2.45. The summed E-state index contributed by atoms with van der Waals surface area (Å²) in [4.78, 5) is 19.5. The maximum Gasteiger partial charge on any atom is 0.256 e. The lowest BCUT2D eigenvalue weighted by molar-refractivity contribution is -0.0948. The molecule has 1 fully saturated rings. The zero-order valence-corrected chi connectivity index (χ0v) is 17.0. The Morgan fingerprint density at radius 2 is 1.86 bits per heavy atom. The summed E-state index contributed by atoms with van der Waals surface area (Å²) < 4.78 is 11.6. The predicted octanol–water partition coefficient (Wildman–Crippen LogP) is 3.49. The Balaban J connectivity index is 1.66. The van der Waals surface area contributed by atoms with Crippen LogP contribution in [-0.2, 0) is 4.74 Å². The first-order chi connectivity index (χ1) is 13.3. The average Bonchev–Trinajstić information content (AvgIpc) is 2.67. The molecule has 0 saturated carbocycles. The molecule has 2 heterocycles. The van der Waals surface area contributed by atoms with E-state index >= 15 is 0 Å². The van der Waals surface area contributed by atoms with Gasteiger partial charge in [0.15, 0.2) is 0 Å². The molecule has 0 spiro atoms. The van der Waals surface area contributed by atoms with Crippen LogP contribution in [0, 0.1) is 0 Å². The molecule has 2 unspecified atom stereocenters. The Morgan fingerprint density at radius 3 is 2.54 bits per heavy atom. The van der Waals surface area contributed by atoms with Crippen LogP contribution < -0.4 is 10.1 Å². The van der Waals surface area contributed by atoms with Gasteiger partial charge in [-0.2, -0.15) is 0 Å². The SMILES string of the molecule is CC1CN(C(C)(C)CNC(=O)c2cccnc2Oc2ccccc2)CC(C)O1. The molecule has 3 rings (SSSR count). The summed E-state index contributed by atoms with van der Waals surface area (Å²) in [7, 11) is 0. The molecule has 1 aromatic heterocycles. The summed E-state index contributed by atoms with van der Waals surface area (Å²) in [5, 5.41) is 3.05. The third-order valence-corrected chi connectivity index (χ3v) is 4.93. The smallest absolute Gasteiger partial charge is 0.256 e. The minimum atomic E-state index is -0.193. The van der Waals surface area contributed by atoms with Crippen molar-refractivity contribution < 1.29 is 14.3 Å². The lowest BCUT2D eigenvalue weighted by Crippen LogP contribution is -2.58. The van der Waals surface area contributed by atoms with Gasteiger partial charge in [-0.25, -0.2) is 4.98 Å². The van der Waals surface area contributed by atoms with Crippen LogP contribution in [0.15, 0.2) is 48.7 Å². The highest BCUT2D eigenvalue weighted by Crippen LogP contribution is 2.24. The van der Waals surface area contributed by atoms with Gasteiger partial charge >= 0.3 is 0 Å². The Labute approximate surface area is 166 Å². The first kappa shape index (κ1) is 20.3. The van der Waals surface area contributed by atoms with Gasteiger partial charge in [0.1, 0.15) is 11.3 Å². The zero-order chi connectivity index (χ0) is 20.1. The van der Waals surface area contributed by atoms with Crippen molar-refractivity contribution >= 4 is 5.91 Å². The number of para-hydroxylation sites is 1. The topological polar surface area (TPSA) is 63.7 Å². The van der Waals surface area contributed by atoms with E-state index in [1.54, 1.807) is 18.3 Å². The number of pyridine rings is 1. The number of hydrogen-bond acceptors (Lipinski definition) is 5. The highest BCUT2D eigenvalue weighted by molar-refractivity contribution is 5.96. The number of benzene rings is 1. The Kier molecular flexibility index (Phi) is 6.31. The molecule has 2 atom stereocenters. The van der Waals surface area contributed by atoms with Gasteiger partial charge in [0, 0.05) is 31.4 Å². The molecule has 0 bridgehead atoms. The predicted molar refractivity (Wildman–Crippen MR) is 109 cm³/mol. The molecule has 2 aromatic rings. The molecule has 1 aliphatic heterocycles. The van der Waals surface area contributed by atoms with E-state index in [1.165, 1.54) is 0 Å². The molecule has 1 aromatic carbocycles. The van der Waals surface area contributed by atoms with E-state index in [0.29, 0.717) is 23.7 Å². The van der Waals surface area contributed by atoms with E-state index in [1.807, 2.05) is 30.3 Å². The number of nitrogens with zero attached hydrogens (tertiary/aromatic N) is 2. The number of amides is 1. The van der Waals surface area contributed by atoms with Crippen molar-refractivity contribution in [2.45, 2.75) is 45.4 Å². The van der Waals surface area contributed by atoms with Crippen LogP contribution in [0.1, 0.15) is 38.1 Å². The number of rotatable bonds is 6. The van der Waals surface area contributed by atoms with Crippen molar-refractivity contribution in [1.29, 1.82) is 0 Å². The summed E-state index contributed by atoms with van der Waals surface area (Å²) in [6.45, 7) is 10.7. The van der Waals surface area contributed by atoms with Crippen molar-refractivity contribution in [3.63, 3.8) is 0 Å². The van der Waals surface area contributed by atoms with Crippen molar-refractivity contribution in [2.75, 3.05) is 19.6 Å². The quantitative estimate of drug-likeness (QED) is 0.827. The van der Waals surface area contributed by atoms with Gasteiger partial charge < -0.3 is 14.8 Å². The van der Waals surface area contributed by atoms with Crippen molar-refractivity contribution in [2.24, 2.45) is 0 Å². The van der Waals surface area contributed by atoms with E-state index in [4.69, 9.17) is 9.47 Å². The number of aromatic nitrogens is 1. The summed E-state index contributed by atoms with van der Waals surface area (Å²) >= 11 is 0. The van der Waals surface area contributed by atoms with Crippen molar-refractivity contribution in [1.82, 2.24) is 15.2 Å². The Morgan fingerprint density at radius 1 is 1.18 bits per heavy atom. The summed E-state index contributed by atoms with van der Waals surface area (Å²) in [5.41, 5.74) is 0.232. The number of nitrogens with one attached hydrogen (secondary N) is 1. The molecule has 0 radical (unpaired) electrons. The highest BCUT2D eigenvalue weighted by Gasteiger charge is 2.33. The molecule has 0 aliphatic carbocycles. The second-order valence-electron chi connectivity index (χ2n) is 7.93. The molecule has 28 heavy (non-hydrogen) atoms. The molecule has 1 aliphatic rings. The van der Waals surface area contributed by atoms with Crippen LogP contribution in [0.4, 0.5) is 0 Å². The molecule has 1 saturated heterocycles. The molecule has 6 nitrogen and oxygen atoms in total. The Hall–Kier alpha value is -2.44. The number of hydrogen-bond donors (Lipinski definition) is 1. The number of ether oxygens (including phenoxy) is 2. The summed E-state index contributed by atoms with van der Waals surface area (Å²) in [5.74, 6) is 0.756.